The topological polar surface area (TPSA) is 82.1 Å². The van der Waals surface area contributed by atoms with Crippen LogP contribution in [-0.2, 0) is 10.8 Å². The largest absolute Gasteiger partial charge is 0.393 e. The number of pyridine rings is 2. The molecule has 6 rings (SSSR count). The molecule has 6 atom stereocenters. The van der Waals surface area contributed by atoms with Crippen LogP contribution in [0.5, 0.6) is 0 Å². The molecule has 2 aromatic rings. The smallest absolute Gasteiger partial charge is 0.0873 e. The van der Waals surface area contributed by atoms with Crippen molar-refractivity contribution in [3.63, 3.8) is 0 Å². The van der Waals surface area contributed by atoms with Crippen molar-refractivity contribution >= 4 is 62.4 Å². The first-order valence-electron chi connectivity index (χ1n) is 13.8. The summed E-state index contributed by atoms with van der Waals surface area (Å²) >= 11 is 10.0. The zero-order valence-corrected chi connectivity index (χ0v) is 28.0. The number of aromatic nitrogens is 2. The molecule has 4 aliphatic heterocycles. The number of piperidine rings is 2. The highest BCUT2D eigenvalue weighted by molar-refractivity contribution is 14.1. The van der Waals surface area contributed by atoms with Gasteiger partial charge in [-0.2, -0.15) is 5.26 Å². The first kappa shape index (κ1) is 30.5. The standard InChI is InChI=1S/C16H18IN3S.C16H16IN3/c1-2-5-20-13-3-4-14(20)8-16(7-13,15(18)21)11-6-12(17)10-19-9-11;1-2-5-20-14-3-4-15(20)8-16(7-14,11-18)12-6-13(17)10-19-9-12/h2-4,6,9-10,13-14H,1,5,7-8H2,(H2,18,21);2-4,6,9-10,14-15H,1,5,7-8H2/t13-,14+,16?;14-,15+,16?. The molecule has 212 valence electrons. The molecule has 2 saturated heterocycles. The Morgan fingerprint density at radius 1 is 0.878 bits per heavy atom. The van der Waals surface area contributed by atoms with Gasteiger partial charge in [-0.05, 0) is 94.1 Å². The van der Waals surface area contributed by atoms with Gasteiger partial charge in [0.1, 0.15) is 0 Å². The molecule has 0 amide bonds. The van der Waals surface area contributed by atoms with Gasteiger partial charge in [-0.1, -0.05) is 48.7 Å². The maximum Gasteiger partial charge on any atom is 0.0873 e. The Labute approximate surface area is 275 Å². The second kappa shape index (κ2) is 12.7. The van der Waals surface area contributed by atoms with E-state index in [2.05, 4.69) is 121 Å². The van der Waals surface area contributed by atoms with Gasteiger partial charge in [-0.3, -0.25) is 19.8 Å². The van der Waals surface area contributed by atoms with Gasteiger partial charge in [-0.25, -0.2) is 0 Å². The lowest BCUT2D eigenvalue weighted by Gasteiger charge is -2.46. The number of fused-ring (bicyclic) bond motifs is 4. The average molecular weight is 789 g/mol. The number of nitrogens with two attached hydrogens (primary N) is 1. The highest BCUT2D eigenvalue weighted by Gasteiger charge is 2.49. The van der Waals surface area contributed by atoms with Crippen LogP contribution in [0, 0.1) is 18.5 Å². The third-order valence-corrected chi connectivity index (χ3v) is 10.5. The summed E-state index contributed by atoms with van der Waals surface area (Å²) in [6.45, 7) is 9.48. The van der Waals surface area contributed by atoms with Crippen molar-refractivity contribution < 1.29 is 0 Å². The van der Waals surface area contributed by atoms with Crippen LogP contribution in [0.1, 0.15) is 36.8 Å². The van der Waals surface area contributed by atoms with E-state index < -0.39 is 5.41 Å². The molecule has 0 radical (unpaired) electrons. The first-order valence-corrected chi connectivity index (χ1v) is 16.3. The summed E-state index contributed by atoms with van der Waals surface area (Å²) in [5, 5.41) is 9.82. The molecule has 0 saturated carbocycles. The molecule has 0 aliphatic carbocycles. The second-order valence-electron chi connectivity index (χ2n) is 11.3. The fourth-order valence-corrected chi connectivity index (χ4v) is 8.22. The predicted molar refractivity (Wildman–Crippen MR) is 185 cm³/mol. The summed E-state index contributed by atoms with van der Waals surface area (Å²) < 4.78 is 2.21. The molecule has 4 bridgehead atoms. The fourth-order valence-electron chi connectivity index (χ4n) is 6.94. The number of rotatable bonds is 7. The van der Waals surface area contributed by atoms with E-state index in [-0.39, 0.29) is 5.41 Å². The Hall–Kier alpha value is -1.98. The van der Waals surface area contributed by atoms with Crippen molar-refractivity contribution in [1.82, 2.24) is 19.8 Å². The van der Waals surface area contributed by atoms with Gasteiger partial charge < -0.3 is 5.73 Å². The summed E-state index contributed by atoms with van der Waals surface area (Å²) in [7, 11) is 0. The number of hydrogen-bond acceptors (Lipinski definition) is 6. The molecule has 2 unspecified atom stereocenters. The lowest BCUT2D eigenvalue weighted by atomic mass is 9.70. The van der Waals surface area contributed by atoms with Crippen LogP contribution in [-0.4, -0.2) is 62.0 Å². The fraction of sp³-hybridized carbons (Fsp3) is 0.375. The Morgan fingerprint density at radius 2 is 1.32 bits per heavy atom. The van der Waals surface area contributed by atoms with Crippen LogP contribution in [0.3, 0.4) is 0 Å². The molecule has 0 aromatic carbocycles. The minimum atomic E-state index is -0.412. The Kier molecular flexibility index (Phi) is 9.45. The van der Waals surface area contributed by atoms with Crippen molar-refractivity contribution in [3.05, 3.63) is 105 Å². The minimum absolute atomic E-state index is 0.250. The Balaban J connectivity index is 0.000000165. The Morgan fingerprint density at radius 3 is 1.73 bits per heavy atom. The first-order chi connectivity index (χ1) is 19.7. The number of nitriles is 1. The lowest BCUT2D eigenvalue weighted by molar-refractivity contribution is 0.133. The molecule has 41 heavy (non-hydrogen) atoms. The third-order valence-electron chi connectivity index (χ3n) is 8.93. The summed E-state index contributed by atoms with van der Waals surface area (Å²) in [4.78, 5) is 14.1. The van der Waals surface area contributed by atoms with E-state index in [1.54, 1.807) is 0 Å². The van der Waals surface area contributed by atoms with Crippen LogP contribution >= 0.6 is 57.4 Å². The molecule has 2 N–H and O–H groups in total. The molecule has 0 spiro atoms. The van der Waals surface area contributed by atoms with Crippen LogP contribution in [0.25, 0.3) is 0 Å². The van der Waals surface area contributed by atoms with Crippen molar-refractivity contribution in [2.24, 2.45) is 5.73 Å². The van der Waals surface area contributed by atoms with Gasteiger partial charge in [0, 0.05) is 69.2 Å². The third kappa shape index (κ3) is 5.95. The molecular formula is C32H34I2N6S. The van der Waals surface area contributed by atoms with Crippen molar-refractivity contribution in [1.29, 1.82) is 5.26 Å². The monoisotopic (exact) mass is 788 g/mol. The predicted octanol–water partition coefficient (Wildman–Crippen LogP) is 5.84. The van der Waals surface area contributed by atoms with Crippen molar-refractivity contribution in [2.45, 2.75) is 60.7 Å². The summed E-state index contributed by atoms with van der Waals surface area (Å²) in [6, 6.07) is 8.27. The minimum Gasteiger partial charge on any atom is -0.393 e. The molecule has 9 heteroatoms. The highest BCUT2D eigenvalue weighted by atomic mass is 127. The van der Waals surface area contributed by atoms with Gasteiger partial charge >= 0.3 is 0 Å². The molecule has 6 nitrogen and oxygen atoms in total. The molecule has 2 fully saturated rings. The number of hydrogen-bond donors (Lipinski definition) is 1. The van der Waals surface area contributed by atoms with E-state index in [1.807, 2.05) is 36.9 Å². The summed E-state index contributed by atoms with van der Waals surface area (Å²) in [5.74, 6) is 0. The SMILES string of the molecule is C=CCN1[C@@H]2C=C[C@H]1CC(C#N)(c1cncc(I)c1)C2.C=CCN1[C@@H]2C=C[C@H]1CC(C(N)=S)(c1cncc(I)c1)C2. The van der Waals surface area contributed by atoms with Crippen molar-refractivity contribution in [3.8, 4) is 6.07 Å². The van der Waals surface area contributed by atoms with Crippen LogP contribution in [0.15, 0.2) is 86.5 Å². The quantitative estimate of drug-likeness (QED) is 0.215. The van der Waals surface area contributed by atoms with Gasteiger partial charge in [0.2, 0.25) is 0 Å². The summed E-state index contributed by atoms with van der Waals surface area (Å²) in [6.07, 6.45) is 24.0. The zero-order chi connectivity index (χ0) is 29.2. The number of thiocarbonyl (C=S) groups is 1. The van der Waals surface area contributed by atoms with Crippen molar-refractivity contribution in [2.75, 3.05) is 13.1 Å². The number of nitrogens with zero attached hydrogens (tertiary/aromatic N) is 5. The highest BCUT2D eigenvalue weighted by Crippen LogP contribution is 2.45. The molecule has 6 heterocycles. The van der Waals surface area contributed by atoms with Crippen LogP contribution in [0.4, 0.5) is 0 Å². The zero-order valence-electron chi connectivity index (χ0n) is 22.9. The average Bonchev–Trinajstić information content (AvgIpc) is 3.34. The van der Waals surface area contributed by atoms with Crippen LogP contribution in [0.2, 0.25) is 0 Å². The molecule has 2 aromatic heterocycles. The maximum absolute atomic E-state index is 9.82. The van der Waals surface area contributed by atoms with E-state index in [9.17, 15) is 5.26 Å². The van der Waals surface area contributed by atoms with Gasteiger partial charge in [0.15, 0.2) is 0 Å². The van der Waals surface area contributed by atoms with Gasteiger partial charge in [-0.15, -0.1) is 13.2 Å². The molecular weight excluding hydrogens is 754 g/mol. The van der Waals surface area contributed by atoms with Crippen LogP contribution < -0.4 is 5.73 Å². The van der Waals surface area contributed by atoms with E-state index in [1.165, 1.54) is 0 Å². The lowest BCUT2D eigenvalue weighted by Crippen LogP contribution is -2.54. The van der Waals surface area contributed by atoms with E-state index in [0.717, 1.165) is 57.0 Å². The number of halogens is 2. The van der Waals surface area contributed by atoms with E-state index in [0.29, 0.717) is 29.2 Å². The van der Waals surface area contributed by atoms with E-state index >= 15 is 0 Å². The molecule has 4 aliphatic rings. The van der Waals surface area contributed by atoms with Gasteiger partial charge in [0.25, 0.3) is 0 Å². The maximum atomic E-state index is 9.82. The Bertz CT molecular complexity index is 1400. The van der Waals surface area contributed by atoms with Gasteiger partial charge in [0.05, 0.1) is 21.9 Å². The van der Waals surface area contributed by atoms with E-state index in [4.69, 9.17) is 18.0 Å². The second-order valence-corrected chi connectivity index (χ2v) is 14.2. The normalized spacial score (nSPS) is 31.6. The summed E-state index contributed by atoms with van der Waals surface area (Å²) in [5.41, 5.74) is 7.74.